The summed E-state index contributed by atoms with van der Waals surface area (Å²) in [4.78, 5) is 17.7. The Morgan fingerprint density at radius 3 is 2.50 bits per heavy atom. The SMILES string of the molecule is COc1ccccc1N1CCN(C(=O)C2(c3ccc4c(c3)OCO4)CC2)CC1. The van der Waals surface area contributed by atoms with E-state index in [1.165, 1.54) is 0 Å². The van der Waals surface area contributed by atoms with Gasteiger partial charge in [0.1, 0.15) is 5.75 Å². The van der Waals surface area contributed by atoms with Crippen LogP contribution in [0, 0.1) is 0 Å². The number of methoxy groups -OCH3 is 1. The minimum absolute atomic E-state index is 0.242. The standard InChI is InChI=1S/C22H24N2O4/c1-26-18-5-3-2-4-17(18)23-10-12-24(13-11-23)21(25)22(8-9-22)16-6-7-19-20(14-16)28-15-27-19/h2-7,14H,8-13,15H2,1H3. The molecular weight excluding hydrogens is 356 g/mol. The first-order valence-corrected chi connectivity index (χ1v) is 9.79. The summed E-state index contributed by atoms with van der Waals surface area (Å²) in [6, 6.07) is 14.0. The van der Waals surface area contributed by atoms with Crippen molar-refractivity contribution < 1.29 is 19.0 Å². The molecule has 1 amide bonds. The van der Waals surface area contributed by atoms with Gasteiger partial charge in [0.2, 0.25) is 12.7 Å². The minimum Gasteiger partial charge on any atom is -0.495 e. The van der Waals surface area contributed by atoms with Gasteiger partial charge in [-0.05, 0) is 42.7 Å². The van der Waals surface area contributed by atoms with E-state index >= 15 is 0 Å². The summed E-state index contributed by atoms with van der Waals surface area (Å²) in [6.07, 6.45) is 1.80. The van der Waals surface area contributed by atoms with Crippen molar-refractivity contribution in [2.75, 3.05) is 45.0 Å². The summed E-state index contributed by atoms with van der Waals surface area (Å²) in [5, 5.41) is 0. The average Bonchev–Trinajstić information content (AvgIpc) is 3.43. The number of carbonyl (C=O) groups is 1. The number of hydrogen-bond donors (Lipinski definition) is 0. The third-order valence-electron chi connectivity index (χ3n) is 6.08. The highest BCUT2D eigenvalue weighted by Gasteiger charge is 2.53. The van der Waals surface area contributed by atoms with Gasteiger partial charge in [-0.25, -0.2) is 0 Å². The van der Waals surface area contributed by atoms with Crippen LogP contribution in [-0.2, 0) is 10.2 Å². The van der Waals surface area contributed by atoms with Crippen LogP contribution in [0.2, 0.25) is 0 Å². The predicted molar refractivity (Wildman–Crippen MR) is 105 cm³/mol. The molecule has 6 heteroatoms. The normalized spacial score (nSPS) is 19.5. The Morgan fingerprint density at radius 1 is 1.00 bits per heavy atom. The summed E-state index contributed by atoms with van der Waals surface area (Å²) < 4.78 is 16.4. The Balaban J connectivity index is 1.30. The molecule has 0 N–H and O–H groups in total. The van der Waals surface area contributed by atoms with Gasteiger partial charge in [0, 0.05) is 26.2 Å². The van der Waals surface area contributed by atoms with Gasteiger partial charge in [0.05, 0.1) is 18.2 Å². The van der Waals surface area contributed by atoms with Crippen molar-refractivity contribution in [1.82, 2.24) is 4.90 Å². The van der Waals surface area contributed by atoms with Crippen molar-refractivity contribution in [3.8, 4) is 17.2 Å². The fraction of sp³-hybridized carbons (Fsp3) is 0.409. The summed E-state index contributed by atoms with van der Waals surface area (Å²) in [7, 11) is 1.70. The first-order valence-electron chi connectivity index (χ1n) is 9.79. The molecule has 0 aromatic heterocycles. The van der Waals surface area contributed by atoms with Crippen molar-refractivity contribution in [2.24, 2.45) is 0 Å². The molecule has 0 atom stereocenters. The lowest BCUT2D eigenvalue weighted by molar-refractivity contribution is -0.134. The van der Waals surface area contributed by atoms with Gasteiger partial charge < -0.3 is 24.0 Å². The molecule has 2 aromatic rings. The lowest BCUT2D eigenvalue weighted by atomic mass is 9.93. The molecule has 1 saturated carbocycles. The number of para-hydroxylation sites is 2. The van der Waals surface area contributed by atoms with Gasteiger partial charge >= 0.3 is 0 Å². The minimum atomic E-state index is -0.381. The molecule has 1 saturated heterocycles. The fourth-order valence-corrected chi connectivity index (χ4v) is 4.29. The van der Waals surface area contributed by atoms with Gasteiger partial charge in [0.25, 0.3) is 0 Å². The fourth-order valence-electron chi connectivity index (χ4n) is 4.29. The van der Waals surface area contributed by atoms with E-state index in [0.717, 1.165) is 67.5 Å². The number of nitrogens with zero attached hydrogens (tertiary/aromatic N) is 2. The molecule has 2 heterocycles. The van der Waals surface area contributed by atoms with Gasteiger partial charge in [-0.1, -0.05) is 18.2 Å². The third kappa shape index (κ3) is 2.75. The Kier molecular flexibility index (Phi) is 4.07. The van der Waals surface area contributed by atoms with E-state index in [0.29, 0.717) is 0 Å². The quantitative estimate of drug-likeness (QED) is 0.816. The van der Waals surface area contributed by atoms with Crippen LogP contribution in [-0.4, -0.2) is 50.9 Å². The van der Waals surface area contributed by atoms with Crippen molar-refractivity contribution in [2.45, 2.75) is 18.3 Å². The van der Waals surface area contributed by atoms with Crippen molar-refractivity contribution in [3.05, 3.63) is 48.0 Å². The Labute approximate surface area is 164 Å². The average molecular weight is 380 g/mol. The molecule has 2 fully saturated rings. The molecule has 2 aliphatic heterocycles. The predicted octanol–water partition coefficient (Wildman–Crippen LogP) is 2.80. The molecule has 1 aliphatic carbocycles. The summed E-state index contributed by atoms with van der Waals surface area (Å²) >= 11 is 0. The van der Waals surface area contributed by atoms with Crippen LogP contribution in [0.5, 0.6) is 17.2 Å². The van der Waals surface area contributed by atoms with E-state index in [2.05, 4.69) is 11.0 Å². The molecule has 6 nitrogen and oxygen atoms in total. The van der Waals surface area contributed by atoms with Crippen LogP contribution >= 0.6 is 0 Å². The van der Waals surface area contributed by atoms with Crippen LogP contribution in [0.25, 0.3) is 0 Å². The Morgan fingerprint density at radius 2 is 1.75 bits per heavy atom. The second kappa shape index (κ2) is 6.62. The monoisotopic (exact) mass is 380 g/mol. The first kappa shape index (κ1) is 17.2. The highest BCUT2D eigenvalue weighted by atomic mass is 16.7. The maximum absolute atomic E-state index is 13.4. The maximum atomic E-state index is 13.4. The molecule has 28 heavy (non-hydrogen) atoms. The molecule has 0 radical (unpaired) electrons. The lowest BCUT2D eigenvalue weighted by Crippen LogP contribution is -2.51. The smallest absolute Gasteiger partial charge is 0.233 e. The number of piperazine rings is 1. The zero-order chi connectivity index (χ0) is 19.1. The zero-order valence-corrected chi connectivity index (χ0v) is 16.0. The number of ether oxygens (including phenoxy) is 3. The number of benzene rings is 2. The second-order valence-electron chi connectivity index (χ2n) is 7.60. The molecule has 0 bridgehead atoms. The van der Waals surface area contributed by atoms with Crippen LogP contribution in [0.15, 0.2) is 42.5 Å². The van der Waals surface area contributed by atoms with Gasteiger partial charge in [-0.15, -0.1) is 0 Å². The van der Waals surface area contributed by atoms with Crippen LogP contribution in [0.3, 0.4) is 0 Å². The maximum Gasteiger partial charge on any atom is 0.233 e. The summed E-state index contributed by atoms with van der Waals surface area (Å²) in [5.74, 6) is 2.63. The molecule has 5 rings (SSSR count). The molecular formula is C22H24N2O4. The number of anilines is 1. The van der Waals surface area contributed by atoms with Crippen LogP contribution in [0.1, 0.15) is 18.4 Å². The third-order valence-corrected chi connectivity index (χ3v) is 6.08. The van der Waals surface area contributed by atoms with E-state index < -0.39 is 0 Å². The number of fused-ring (bicyclic) bond motifs is 1. The molecule has 2 aromatic carbocycles. The van der Waals surface area contributed by atoms with E-state index in [4.69, 9.17) is 14.2 Å². The molecule has 3 aliphatic rings. The highest BCUT2D eigenvalue weighted by Crippen LogP contribution is 2.51. The summed E-state index contributed by atoms with van der Waals surface area (Å²) in [6.45, 7) is 3.32. The van der Waals surface area contributed by atoms with E-state index in [1.807, 2.05) is 41.3 Å². The Bertz CT molecular complexity index is 901. The van der Waals surface area contributed by atoms with E-state index in [9.17, 15) is 4.79 Å². The Hall–Kier alpha value is -2.89. The summed E-state index contributed by atoms with van der Waals surface area (Å²) in [5.41, 5.74) is 1.76. The molecule has 0 unspecified atom stereocenters. The number of hydrogen-bond acceptors (Lipinski definition) is 5. The van der Waals surface area contributed by atoms with Gasteiger partial charge in [-0.3, -0.25) is 4.79 Å². The largest absolute Gasteiger partial charge is 0.495 e. The number of amides is 1. The van der Waals surface area contributed by atoms with Crippen molar-refractivity contribution >= 4 is 11.6 Å². The number of rotatable bonds is 4. The zero-order valence-electron chi connectivity index (χ0n) is 16.0. The van der Waals surface area contributed by atoms with Crippen molar-refractivity contribution in [1.29, 1.82) is 0 Å². The number of carbonyl (C=O) groups excluding carboxylic acids is 1. The van der Waals surface area contributed by atoms with Crippen LogP contribution in [0.4, 0.5) is 5.69 Å². The van der Waals surface area contributed by atoms with Crippen molar-refractivity contribution in [3.63, 3.8) is 0 Å². The lowest BCUT2D eigenvalue weighted by Gasteiger charge is -2.38. The van der Waals surface area contributed by atoms with E-state index in [-0.39, 0.29) is 18.1 Å². The van der Waals surface area contributed by atoms with Gasteiger partial charge in [-0.2, -0.15) is 0 Å². The van der Waals surface area contributed by atoms with Crippen LogP contribution < -0.4 is 19.1 Å². The molecule has 146 valence electrons. The van der Waals surface area contributed by atoms with Gasteiger partial charge in [0.15, 0.2) is 11.5 Å². The highest BCUT2D eigenvalue weighted by molar-refractivity contribution is 5.91. The molecule has 0 spiro atoms. The van der Waals surface area contributed by atoms with E-state index in [1.54, 1.807) is 7.11 Å². The first-order chi connectivity index (χ1) is 13.7. The topological polar surface area (TPSA) is 51.2 Å². The second-order valence-corrected chi connectivity index (χ2v) is 7.60.